The highest BCUT2D eigenvalue weighted by molar-refractivity contribution is 6.11. The molecule has 3 rings (SSSR count). The van der Waals surface area contributed by atoms with E-state index in [1.807, 2.05) is 0 Å². The molecule has 0 radical (unpaired) electrons. The second-order valence-electron chi connectivity index (χ2n) is 5.74. The molecule has 0 fully saturated rings. The third kappa shape index (κ3) is 2.06. The third-order valence-corrected chi connectivity index (χ3v) is 4.58. The molecule has 134 valence electrons. The van der Waals surface area contributed by atoms with Crippen molar-refractivity contribution >= 4 is 11.4 Å². The van der Waals surface area contributed by atoms with Gasteiger partial charge in [0.05, 0.1) is 9.85 Å². The van der Waals surface area contributed by atoms with E-state index in [9.17, 15) is 30.6 Å². The number of nitro groups is 2. The van der Waals surface area contributed by atoms with Crippen molar-refractivity contribution in [2.45, 2.75) is 5.66 Å². The summed E-state index contributed by atoms with van der Waals surface area (Å²) >= 11 is 0. The summed E-state index contributed by atoms with van der Waals surface area (Å²) in [5.41, 5.74) is -2.61. The van der Waals surface area contributed by atoms with Crippen molar-refractivity contribution in [1.82, 2.24) is 4.90 Å². The molecule has 0 saturated heterocycles. The number of hydrogen-bond acceptors (Lipinski definition) is 7. The predicted octanol–water partition coefficient (Wildman–Crippen LogP) is 0.397. The molecular formula is C15H14N5O6+. The zero-order valence-corrected chi connectivity index (χ0v) is 13.8. The topological polar surface area (TPSA) is 139 Å². The fraction of sp³-hybridized carbons (Fsp3) is 0.200. The third-order valence-electron chi connectivity index (χ3n) is 4.58. The monoisotopic (exact) mass is 360 g/mol. The number of hydrogen-bond donors (Lipinski definition) is 1. The van der Waals surface area contributed by atoms with Gasteiger partial charge in [-0.05, 0) is 6.08 Å². The van der Waals surface area contributed by atoms with Crippen LogP contribution in [0.15, 0.2) is 59.6 Å². The minimum absolute atomic E-state index is 0.544. The first-order valence-electron chi connectivity index (χ1n) is 7.39. The molecular weight excluding hydrogens is 346 g/mol. The zero-order valence-electron chi connectivity index (χ0n) is 13.8. The van der Waals surface area contributed by atoms with E-state index < -0.39 is 37.5 Å². The molecule has 3 aliphatic rings. The molecule has 1 spiro atoms. The maximum absolute atomic E-state index is 11.9. The van der Waals surface area contributed by atoms with Crippen molar-refractivity contribution in [1.29, 1.82) is 0 Å². The molecule has 11 heteroatoms. The van der Waals surface area contributed by atoms with Crippen LogP contribution in [-0.4, -0.2) is 60.6 Å². The van der Waals surface area contributed by atoms with Crippen LogP contribution in [0.2, 0.25) is 0 Å². The molecule has 0 amide bonds. The molecule has 1 N–H and O–H groups in total. The van der Waals surface area contributed by atoms with Crippen molar-refractivity contribution in [3.8, 4) is 0 Å². The van der Waals surface area contributed by atoms with Gasteiger partial charge in [-0.1, -0.05) is 18.2 Å². The molecule has 26 heavy (non-hydrogen) atoms. The predicted molar refractivity (Wildman–Crippen MR) is 88.6 cm³/mol. The van der Waals surface area contributed by atoms with Gasteiger partial charge in [-0.25, -0.2) is 0 Å². The number of likely N-dealkylation sites (N-methyl/N-ethyl adjacent to an activating group) is 2. The normalized spacial score (nSPS) is 26.2. The first-order valence-corrected chi connectivity index (χ1v) is 7.39. The largest absolute Gasteiger partial charge is 0.422 e. The minimum Gasteiger partial charge on any atom is -0.417 e. The van der Waals surface area contributed by atoms with Gasteiger partial charge in [0.25, 0.3) is 5.70 Å². The molecule has 0 unspecified atom stereocenters. The molecule has 0 bridgehead atoms. The van der Waals surface area contributed by atoms with Gasteiger partial charge in [0, 0.05) is 18.0 Å². The molecule has 2 aliphatic carbocycles. The number of nitrogens with zero attached hydrogens (tertiary/aromatic N) is 5. The lowest BCUT2D eigenvalue weighted by Gasteiger charge is -2.28. The van der Waals surface area contributed by atoms with Crippen molar-refractivity contribution in [3.05, 3.63) is 85.1 Å². The Kier molecular flexibility index (Phi) is 3.71. The summed E-state index contributed by atoms with van der Waals surface area (Å²) in [5, 5.41) is 44.4. The molecule has 0 aromatic rings. The molecule has 1 heterocycles. The Morgan fingerprint density at radius 2 is 1.81 bits per heavy atom. The van der Waals surface area contributed by atoms with E-state index in [-0.39, 0.29) is 0 Å². The van der Waals surface area contributed by atoms with Gasteiger partial charge in [-0.2, -0.15) is 4.58 Å². The van der Waals surface area contributed by atoms with Crippen LogP contribution in [0.3, 0.4) is 0 Å². The van der Waals surface area contributed by atoms with E-state index in [0.29, 0.717) is 11.4 Å². The first kappa shape index (κ1) is 17.1. The number of fused-ring (bicyclic) bond motifs is 1. The van der Waals surface area contributed by atoms with E-state index in [0.717, 1.165) is 12.2 Å². The van der Waals surface area contributed by atoms with Gasteiger partial charge >= 0.3 is 17.1 Å². The van der Waals surface area contributed by atoms with Crippen molar-refractivity contribution in [3.63, 3.8) is 0 Å². The lowest BCUT2D eigenvalue weighted by Crippen LogP contribution is -2.60. The van der Waals surface area contributed by atoms with Gasteiger partial charge in [-0.3, -0.25) is 30.3 Å². The van der Waals surface area contributed by atoms with Crippen LogP contribution in [-0.2, 0) is 0 Å². The minimum atomic E-state index is -1.85. The van der Waals surface area contributed by atoms with Crippen molar-refractivity contribution < 1.29 is 24.5 Å². The average molecular weight is 360 g/mol. The number of rotatable bonds is 2. The zero-order chi connectivity index (χ0) is 19.2. The summed E-state index contributed by atoms with van der Waals surface area (Å²) in [6, 6.07) is 0. The van der Waals surface area contributed by atoms with Crippen molar-refractivity contribution in [2.24, 2.45) is 0 Å². The van der Waals surface area contributed by atoms with Crippen LogP contribution in [0.4, 0.5) is 0 Å². The quantitative estimate of drug-likeness (QED) is 0.247. The highest BCUT2D eigenvalue weighted by Gasteiger charge is 2.71. The summed E-state index contributed by atoms with van der Waals surface area (Å²) < 4.78 is 1.43. The summed E-state index contributed by atoms with van der Waals surface area (Å²) in [7, 11) is 3.02. The van der Waals surface area contributed by atoms with Gasteiger partial charge in [0.15, 0.2) is 0 Å². The Bertz CT molecular complexity index is 948. The maximum Gasteiger partial charge on any atom is 0.422 e. The van der Waals surface area contributed by atoms with Crippen LogP contribution in [0.5, 0.6) is 0 Å². The van der Waals surface area contributed by atoms with Gasteiger partial charge < -0.3 is 5.21 Å². The average Bonchev–Trinajstić information content (AvgIpc) is 2.77. The summed E-state index contributed by atoms with van der Waals surface area (Å²) in [6.45, 7) is 0. The van der Waals surface area contributed by atoms with E-state index >= 15 is 0 Å². The van der Waals surface area contributed by atoms with E-state index in [1.54, 1.807) is 30.4 Å². The Morgan fingerprint density at radius 1 is 1.12 bits per heavy atom. The van der Waals surface area contributed by atoms with Crippen LogP contribution in [0.25, 0.3) is 0 Å². The first-order chi connectivity index (χ1) is 12.2. The molecule has 1 atom stereocenters. The van der Waals surface area contributed by atoms with Gasteiger partial charge in [0.2, 0.25) is 5.71 Å². The standard InChI is InChI=1S/C15H14N5O6/c1-16-11-6-4-3-5-7-12(11)17(2)15(16)13(19(23)24)8-10(18(21)22)9-14(15)20(25)26/h3-9H,1-2H3,(H,23,24)/q+1. The Hall–Kier alpha value is -3.76. The van der Waals surface area contributed by atoms with Crippen LogP contribution in [0, 0.1) is 25.4 Å². The SMILES string of the molecule is CN1C2=CC=CC=CC2=[N+](C)[C@]12C([N+](=O)[O-])=CC([N+](=O)[O-])=CC2=[N+]([O-])O. The Balaban J connectivity index is 2.41. The second-order valence-corrected chi connectivity index (χ2v) is 5.74. The summed E-state index contributed by atoms with van der Waals surface area (Å²) in [5.74, 6) is 0. The van der Waals surface area contributed by atoms with Crippen molar-refractivity contribution in [2.75, 3.05) is 14.1 Å². The van der Waals surface area contributed by atoms with Gasteiger partial charge in [-0.15, -0.1) is 0 Å². The Morgan fingerprint density at radius 3 is 2.38 bits per heavy atom. The summed E-state index contributed by atoms with van der Waals surface area (Å²) in [6.07, 6.45) is 10.2. The highest BCUT2D eigenvalue weighted by atomic mass is 16.8. The fourth-order valence-electron chi connectivity index (χ4n) is 3.48. The Labute approximate surface area is 146 Å². The van der Waals surface area contributed by atoms with Gasteiger partial charge in [0.1, 0.15) is 24.9 Å². The maximum atomic E-state index is 11.9. The van der Waals surface area contributed by atoms with Crippen LogP contribution in [0.1, 0.15) is 0 Å². The lowest BCUT2D eigenvalue weighted by molar-refractivity contribution is -0.735. The lowest BCUT2D eigenvalue weighted by atomic mass is 9.91. The van der Waals surface area contributed by atoms with E-state index in [2.05, 4.69) is 0 Å². The smallest absolute Gasteiger partial charge is 0.417 e. The van der Waals surface area contributed by atoms with Crippen LogP contribution >= 0.6 is 0 Å². The van der Waals surface area contributed by atoms with Crippen LogP contribution < -0.4 is 0 Å². The van der Waals surface area contributed by atoms with E-state index in [4.69, 9.17) is 0 Å². The molecule has 0 aromatic carbocycles. The van der Waals surface area contributed by atoms with E-state index in [1.165, 1.54) is 23.6 Å². The highest BCUT2D eigenvalue weighted by Crippen LogP contribution is 2.39. The molecule has 1 aliphatic heterocycles. The fourth-order valence-corrected chi connectivity index (χ4v) is 3.48. The molecule has 0 saturated carbocycles. The summed E-state index contributed by atoms with van der Waals surface area (Å²) in [4.78, 5) is 22.1. The molecule has 0 aromatic heterocycles. The molecule has 11 nitrogen and oxygen atoms in total. The second kappa shape index (κ2) is 5.65. The number of allylic oxidation sites excluding steroid dienone is 6.